The van der Waals surface area contributed by atoms with Crippen LogP contribution in [0, 0.1) is 6.92 Å². The highest BCUT2D eigenvalue weighted by Gasteiger charge is 2.15. The number of carbonyl (C=O) groups is 2. The molecule has 2 N–H and O–H groups in total. The van der Waals surface area contributed by atoms with Crippen LogP contribution in [0.15, 0.2) is 72.8 Å². The number of aromatic nitrogens is 2. The van der Waals surface area contributed by atoms with Gasteiger partial charge in [0.25, 0.3) is 11.8 Å². The number of amides is 2. The number of anilines is 1. The van der Waals surface area contributed by atoms with Crippen molar-refractivity contribution in [2.45, 2.75) is 20.1 Å². The average Bonchev–Trinajstić information content (AvgIpc) is 3.33. The monoisotopic (exact) mass is 492 g/mol. The lowest BCUT2D eigenvalue weighted by atomic mass is 10.1. The first-order valence-electron chi connectivity index (χ1n) is 10.4. The molecule has 4 rings (SSSR count). The van der Waals surface area contributed by atoms with Gasteiger partial charge in [-0.15, -0.1) is 10.2 Å². The molecule has 0 radical (unpaired) electrons. The molecule has 0 aliphatic rings. The van der Waals surface area contributed by atoms with E-state index >= 15 is 0 Å². The summed E-state index contributed by atoms with van der Waals surface area (Å²) in [5, 5.41) is 15.0. The van der Waals surface area contributed by atoms with Gasteiger partial charge in [0.05, 0.1) is 0 Å². The van der Waals surface area contributed by atoms with E-state index in [0.717, 1.165) is 22.5 Å². The van der Waals surface area contributed by atoms with E-state index < -0.39 is 5.91 Å². The molecule has 0 saturated heterocycles. The van der Waals surface area contributed by atoms with Gasteiger partial charge in [-0.3, -0.25) is 9.59 Å². The molecule has 0 atom stereocenters. The van der Waals surface area contributed by atoms with Crippen molar-refractivity contribution in [2.75, 3.05) is 5.32 Å². The number of nitrogens with zero attached hydrogens (tertiary/aromatic N) is 2. The van der Waals surface area contributed by atoms with Crippen molar-refractivity contribution >= 4 is 40.4 Å². The summed E-state index contributed by atoms with van der Waals surface area (Å²) >= 11 is 7.00. The zero-order chi connectivity index (χ0) is 23.9. The lowest BCUT2D eigenvalue weighted by molar-refractivity contribution is 0.0949. The van der Waals surface area contributed by atoms with Crippen molar-refractivity contribution in [1.82, 2.24) is 15.5 Å². The molecular formula is C25H21ClN4O3S. The number of benzene rings is 3. The van der Waals surface area contributed by atoms with Gasteiger partial charge in [0.2, 0.25) is 5.01 Å². The van der Waals surface area contributed by atoms with E-state index in [1.165, 1.54) is 0 Å². The van der Waals surface area contributed by atoms with E-state index in [1.54, 1.807) is 48.5 Å². The smallest absolute Gasteiger partial charge is 0.286 e. The van der Waals surface area contributed by atoms with Gasteiger partial charge in [-0.05, 0) is 55.0 Å². The Morgan fingerprint density at radius 1 is 0.971 bits per heavy atom. The molecule has 0 unspecified atom stereocenters. The highest BCUT2D eigenvalue weighted by molar-refractivity contribution is 7.13. The molecule has 2 amide bonds. The Hall–Kier alpha value is -3.75. The third-order valence-electron chi connectivity index (χ3n) is 4.79. The summed E-state index contributed by atoms with van der Waals surface area (Å²) in [4.78, 5) is 25.1. The molecule has 0 spiro atoms. The summed E-state index contributed by atoms with van der Waals surface area (Å²) in [5.74, 6) is 0.00440. The molecule has 3 aromatic carbocycles. The van der Waals surface area contributed by atoms with Gasteiger partial charge in [0, 0.05) is 22.8 Å². The zero-order valence-electron chi connectivity index (χ0n) is 18.2. The standard InChI is InChI=1S/C25H21ClN4O3S/c1-16-5-7-17(8-6-16)14-27-23(31)18-3-2-4-20(13-18)28-24(32)25-30-29-22(34-25)15-33-21-11-9-19(26)10-12-21/h2-13H,14-15H2,1H3,(H,27,31)(H,28,32). The van der Waals surface area contributed by atoms with Crippen LogP contribution in [0.25, 0.3) is 0 Å². The fourth-order valence-electron chi connectivity index (χ4n) is 2.99. The Kier molecular flexibility index (Phi) is 7.51. The third kappa shape index (κ3) is 6.40. The van der Waals surface area contributed by atoms with Crippen LogP contribution in [0.5, 0.6) is 5.75 Å². The summed E-state index contributed by atoms with van der Waals surface area (Å²) in [6, 6.07) is 21.6. The number of nitrogens with one attached hydrogen (secondary N) is 2. The van der Waals surface area contributed by atoms with Crippen LogP contribution in [-0.4, -0.2) is 22.0 Å². The van der Waals surface area contributed by atoms with E-state index in [0.29, 0.717) is 33.6 Å². The maximum Gasteiger partial charge on any atom is 0.286 e. The Balaban J connectivity index is 1.32. The quantitative estimate of drug-likeness (QED) is 0.350. The van der Waals surface area contributed by atoms with E-state index in [2.05, 4.69) is 20.8 Å². The van der Waals surface area contributed by atoms with Gasteiger partial charge < -0.3 is 15.4 Å². The summed E-state index contributed by atoms with van der Waals surface area (Å²) in [5.41, 5.74) is 3.10. The Morgan fingerprint density at radius 3 is 2.50 bits per heavy atom. The van der Waals surface area contributed by atoms with Crippen molar-refractivity contribution < 1.29 is 14.3 Å². The summed E-state index contributed by atoms with van der Waals surface area (Å²) in [6.07, 6.45) is 0. The molecule has 1 heterocycles. The molecule has 0 aliphatic heterocycles. The van der Waals surface area contributed by atoms with Gasteiger partial charge in [-0.1, -0.05) is 58.8 Å². The predicted molar refractivity (Wildman–Crippen MR) is 132 cm³/mol. The number of hydrogen-bond acceptors (Lipinski definition) is 6. The lowest BCUT2D eigenvalue weighted by Gasteiger charge is -2.08. The second kappa shape index (κ2) is 10.9. The van der Waals surface area contributed by atoms with Crippen LogP contribution >= 0.6 is 22.9 Å². The molecule has 34 heavy (non-hydrogen) atoms. The molecule has 172 valence electrons. The number of halogens is 1. The summed E-state index contributed by atoms with van der Waals surface area (Å²) < 4.78 is 5.63. The number of hydrogen-bond donors (Lipinski definition) is 2. The first kappa shape index (κ1) is 23.4. The van der Waals surface area contributed by atoms with Crippen LogP contribution in [0.1, 0.15) is 36.3 Å². The van der Waals surface area contributed by atoms with E-state index in [1.807, 2.05) is 31.2 Å². The van der Waals surface area contributed by atoms with Crippen LogP contribution in [0.2, 0.25) is 5.02 Å². The average molecular weight is 493 g/mol. The molecule has 0 fully saturated rings. The van der Waals surface area contributed by atoms with Crippen LogP contribution in [0.4, 0.5) is 5.69 Å². The second-order valence-electron chi connectivity index (χ2n) is 7.45. The fraction of sp³-hybridized carbons (Fsp3) is 0.120. The number of carbonyl (C=O) groups excluding carboxylic acids is 2. The molecular weight excluding hydrogens is 472 g/mol. The fourth-order valence-corrected chi connectivity index (χ4v) is 3.77. The molecule has 0 aliphatic carbocycles. The Labute approximate surface area is 205 Å². The van der Waals surface area contributed by atoms with E-state index in [-0.39, 0.29) is 17.5 Å². The molecule has 9 heteroatoms. The minimum absolute atomic E-state index is 0.184. The highest BCUT2D eigenvalue weighted by Crippen LogP contribution is 2.19. The highest BCUT2D eigenvalue weighted by atomic mass is 35.5. The van der Waals surface area contributed by atoms with Crippen molar-refractivity contribution in [3.05, 3.63) is 105 Å². The summed E-state index contributed by atoms with van der Waals surface area (Å²) in [7, 11) is 0. The molecule has 0 bridgehead atoms. The lowest BCUT2D eigenvalue weighted by Crippen LogP contribution is -2.23. The second-order valence-corrected chi connectivity index (χ2v) is 8.95. The number of ether oxygens (including phenoxy) is 1. The van der Waals surface area contributed by atoms with Crippen molar-refractivity contribution in [3.8, 4) is 5.75 Å². The Bertz CT molecular complexity index is 1290. The van der Waals surface area contributed by atoms with E-state index in [9.17, 15) is 9.59 Å². The van der Waals surface area contributed by atoms with Crippen molar-refractivity contribution in [2.24, 2.45) is 0 Å². The van der Waals surface area contributed by atoms with Gasteiger partial charge in [-0.25, -0.2) is 0 Å². The topological polar surface area (TPSA) is 93.2 Å². The maximum absolute atomic E-state index is 12.6. The van der Waals surface area contributed by atoms with Crippen molar-refractivity contribution in [3.63, 3.8) is 0 Å². The number of aryl methyl sites for hydroxylation is 1. The van der Waals surface area contributed by atoms with Crippen molar-refractivity contribution in [1.29, 1.82) is 0 Å². The third-order valence-corrected chi connectivity index (χ3v) is 5.94. The zero-order valence-corrected chi connectivity index (χ0v) is 19.8. The minimum Gasteiger partial charge on any atom is -0.486 e. The maximum atomic E-state index is 12.6. The van der Waals surface area contributed by atoms with Crippen LogP contribution < -0.4 is 15.4 Å². The molecule has 4 aromatic rings. The van der Waals surface area contributed by atoms with Gasteiger partial charge in [-0.2, -0.15) is 0 Å². The molecule has 0 saturated carbocycles. The first-order valence-corrected chi connectivity index (χ1v) is 11.6. The first-order chi connectivity index (χ1) is 16.5. The van der Waals surface area contributed by atoms with Gasteiger partial charge in [0.1, 0.15) is 12.4 Å². The van der Waals surface area contributed by atoms with E-state index in [4.69, 9.17) is 16.3 Å². The minimum atomic E-state index is -0.410. The SMILES string of the molecule is Cc1ccc(CNC(=O)c2cccc(NC(=O)c3nnc(COc4ccc(Cl)cc4)s3)c2)cc1. The normalized spacial score (nSPS) is 10.5. The predicted octanol–water partition coefficient (Wildman–Crippen LogP) is 5.26. The number of rotatable bonds is 8. The van der Waals surface area contributed by atoms with Crippen LogP contribution in [0.3, 0.4) is 0 Å². The molecule has 7 nitrogen and oxygen atoms in total. The summed E-state index contributed by atoms with van der Waals surface area (Å²) in [6.45, 7) is 2.62. The van der Waals surface area contributed by atoms with Gasteiger partial charge >= 0.3 is 0 Å². The van der Waals surface area contributed by atoms with Gasteiger partial charge in [0.15, 0.2) is 5.01 Å². The largest absolute Gasteiger partial charge is 0.486 e. The Morgan fingerprint density at radius 2 is 1.74 bits per heavy atom. The molecule has 1 aromatic heterocycles. The van der Waals surface area contributed by atoms with Crippen LogP contribution in [-0.2, 0) is 13.2 Å².